The zero-order valence-electron chi connectivity index (χ0n) is 12.4. The summed E-state index contributed by atoms with van der Waals surface area (Å²) in [5, 5.41) is 0. The van der Waals surface area contributed by atoms with Gasteiger partial charge in [0.25, 0.3) is 5.78 Å². The van der Waals surface area contributed by atoms with Gasteiger partial charge in [-0.05, 0) is 12.5 Å². The van der Waals surface area contributed by atoms with Crippen LogP contribution in [0, 0.1) is 0 Å². The number of piperazine rings is 1. The topological polar surface area (TPSA) is 23.6 Å². The summed E-state index contributed by atoms with van der Waals surface area (Å²) >= 11 is 0. The summed E-state index contributed by atoms with van der Waals surface area (Å²) < 4.78 is 36.8. The van der Waals surface area contributed by atoms with E-state index in [0.29, 0.717) is 24.9 Å². The van der Waals surface area contributed by atoms with Crippen LogP contribution in [0.25, 0.3) is 0 Å². The van der Waals surface area contributed by atoms with Crippen molar-refractivity contribution in [3.8, 4) is 0 Å². The fraction of sp³-hybridized carbons (Fsp3) is 0.438. The van der Waals surface area contributed by atoms with Crippen molar-refractivity contribution in [3.63, 3.8) is 0 Å². The maximum atomic E-state index is 12.3. The van der Waals surface area contributed by atoms with Gasteiger partial charge in [0.05, 0.1) is 0 Å². The highest BCUT2D eigenvalue weighted by atomic mass is 19.4. The van der Waals surface area contributed by atoms with Gasteiger partial charge in [-0.15, -0.1) is 0 Å². The van der Waals surface area contributed by atoms with E-state index in [2.05, 4.69) is 17.0 Å². The lowest BCUT2D eigenvalue weighted by Crippen LogP contribution is -2.45. The van der Waals surface area contributed by atoms with E-state index in [4.69, 9.17) is 0 Å². The number of hydrogen-bond donors (Lipinski definition) is 0. The zero-order chi connectivity index (χ0) is 16.2. The number of halogens is 3. The maximum absolute atomic E-state index is 12.3. The van der Waals surface area contributed by atoms with Crippen molar-refractivity contribution in [2.45, 2.75) is 19.6 Å². The van der Waals surface area contributed by atoms with Gasteiger partial charge in [0.2, 0.25) is 0 Å². The summed E-state index contributed by atoms with van der Waals surface area (Å²) in [6.45, 7) is 5.16. The Hall–Kier alpha value is -1.82. The highest BCUT2D eigenvalue weighted by Gasteiger charge is 2.36. The summed E-state index contributed by atoms with van der Waals surface area (Å²) in [4.78, 5) is 15.1. The van der Waals surface area contributed by atoms with Gasteiger partial charge in [-0.25, -0.2) is 0 Å². The third-order valence-electron chi connectivity index (χ3n) is 3.74. The number of rotatable bonds is 4. The van der Waals surface area contributed by atoms with Crippen LogP contribution in [0.1, 0.15) is 12.5 Å². The maximum Gasteiger partial charge on any atom is 0.454 e. The van der Waals surface area contributed by atoms with Crippen LogP contribution in [0.5, 0.6) is 0 Å². The van der Waals surface area contributed by atoms with Gasteiger partial charge in [-0.1, -0.05) is 30.3 Å². The molecule has 3 nitrogen and oxygen atoms in total. The van der Waals surface area contributed by atoms with E-state index < -0.39 is 12.0 Å². The minimum Gasteiger partial charge on any atom is -0.372 e. The zero-order valence-corrected chi connectivity index (χ0v) is 12.4. The average Bonchev–Trinajstić information content (AvgIpc) is 2.48. The molecule has 0 spiro atoms. The van der Waals surface area contributed by atoms with Gasteiger partial charge in [0, 0.05) is 44.5 Å². The Labute approximate surface area is 128 Å². The fourth-order valence-electron chi connectivity index (χ4n) is 2.46. The Bertz CT molecular complexity index is 532. The number of allylic oxidation sites excluding steroid dienone is 2. The minimum absolute atomic E-state index is 0.377. The van der Waals surface area contributed by atoms with Crippen molar-refractivity contribution in [3.05, 3.63) is 47.7 Å². The van der Waals surface area contributed by atoms with Crippen molar-refractivity contribution in [2.75, 3.05) is 26.2 Å². The second kappa shape index (κ2) is 6.96. The van der Waals surface area contributed by atoms with Crippen molar-refractivity contribution < 1.29 is 18.0 Å². The number of benzene rings is 1. The quantitative estimate of drug-likeness (QED) is 0.799. The van der Waals surface area contributed by atoms with Gasteiger partial charge >= 0.3 is 6.18 Å². The molecule has 0 radical (unpaired) electrons. The van der Waals surface area contributed by atoms with Gasteiger partial charge in [-0.3, -0.25) is 9.69 Å². The first-order valence-electron chi connectivity index (χ1n) is 7.17. The Morgan fingerprint density at radius 1 is 1.14 bits per heavy atom. The molecule has 6 heteroatoms. The minimum atomic E-state index is -4.80. The van der Waals surface area contributed by atoms with Crippen molar-refractivity contribution >= 4 is 5.78 Å². The third kappa shape index (κ3) is 4.59. The molecule has 0 unspecified atom stereocenters. The highest BCUT2D eigenvalue weighted by molar-refractivity contribution is 5.94. The molecule has 1 aliphatic heterocycles. The number of ketones is 1. The Kier molecular flexibility index (Phi) is 5.24. The number of alkyl halides is 3. The molecular weight excluding hydrogens is 293 g/mol. The number of carbonyl (C=O) groups excluding carboxylic acids is 1. The van der Waals surface area contributed by atoms with Gasteiger partial charge in [0.15, 0.2) is 0 Å². The molecule has 1 aromatic carbocycles. The second-order valence-corrected chi connectivity index (χ2v) is 5.40. The number of nitrogens with zero attached hydrogens (tertiary/aromatic N) is 2. The van der Waals surface area contributed by atoms with Crippen LogP contribution in [-0.4, -0.2) is 47.9 Å². The van der Waals surface area contributed by atoms with Crippen LogP contribution >= 0.6 is 0 Å². The molecule has 0 aliphatic carbocycles. The summed E-state index contributed by atoms with van der Waals surface area (Å²) in [6, 6.07) is 10.1. The highest BCUT2D eigenvalue weighted by Crippen LogP contribution is 2.19. The molecule has 1 aliphatic rings. The molecule has 0 atom stereocenters. The average molecular weight is 312 g/mol. The van der Waals surface area contributed by atoms with Crippen LogP contribution in [0.15, 0.2) is 42.1 Å². The van der Waals surface area contributed by atoms with E-state index in [1.807, 2.05) is 23.1 Å². The lowest BCUT2D eigenvalue weighted by atomic mass is 10.2. The first-order valence-corrected chi connectivity index (χ1v) is 7.17. The number of carbonyl (C=O) groups is 1. The molecule has 1 fully saturated rings. The summed E-state index contributed by atoms with van der Waals surface area (Å²) in [6.07, 6.45) is -4.11. The van der Waals surface area contributed by atoms with Crippen LogP contribution < -0.4 is 0 Å². The SMILES string of the molecule is C/C(=C/C(=O)C(F)(F)F)N1CCN(Cc2ccccc2)CC1. The van der Waals surface area contributed by atoms with E-state index in [0.717, 1.165) is 19.6 Å². The third-order valence-corrected chi connectivity index (χ3v) is 3.74. The lowest BCUT2D eigenvalue weighted by molar-refractivity contribution is -0.165. The molecule has 0 saturated carbocycles. The molecule has 1 saturated heterocycles. The van der Waals surface area contributed by atoms with Crippen LogP contribution in [0.2, 0.25) is 0 Å². The summed E-state index contributed by atoms with van der Waals surface area (Å²) in [5.74, 6) is -1.79. The second-order valence-electron chi connectivity index (χ2n) is 5.40. The van der Waals surface area contributed by atoms with Gasteiger partial charge in [0.1, 0.15) is 0 Å². The molecule has 0 aromatic heterocycles. The first-order chi connectivity index (χ1) is 10.4. The Balaban J connectivity index is 1.86. The first kappa shape index (κ1) is 16.5. The standard InChI is InChI=1S/C16H19F3N2O/c1-13(11-15(22)16(17,18)19)21-9-7-20(8-10-21)12-14-5-3-2-4-6-14/h2-6,11H,7-10,12H2,1H3/b13-11-. The predicted molar refractivity (Wildman–Crippen MR) is 78.1 cm³/mol. The summed E-state index contributed by atoms with van der Waals surface area (Å²) in [7, 11) is 0. The van der Waals surface area contributed by atoms with Crippen LogP contribution in [0.4, 0.5) is 13.2 Å². The molecule has 0 amide bonds. The van der Waals surface area contributed by atoms with E-state index >= 15 is 0 Å². The normalized spacial score (nSPS) is 17.6. The van der Waals surface area contributed by atoms with E-state index in [-0.39, 0.29) is 0 Å². The Morgan fingerprint density at radius 3 is 2.27 bits per heavy atom. The fourth-order valence-corrected chi connectivity index (χ4v) is 2.46. The monoisotopic (exact) mass is 312 g/mol. The molecule has 120 valence electrons. The van der Waals surface area contributed by atoms with Crippen molar-refractivity contribution in [1.82, 2.24) is 9.80 Å². The lowest BCUT2D eigenvalue weighted by Gasteiger charge is -2.36. The van der Waals surface area contributed by atoms with Gasteiger partial charge in [-0.2, -0.15) is 13.2 Å². The molecule has 22 heavy (non-hydrogen) atoms. The summed E-state index contributed by atoms with van der Waals surface area (Å²) in [5.41, 5.74) is 1.59. The van der Waals surface area contributed by atoms with Gasteiger partial charge < -0.3 is 4.90 Å². The molecule has 0 bridgehead atoms. The van der Waals surface area contributed by atoms with E-state index in [1.165, 1.54) is 5.56 Å². The Morgan fingerprint density at radius 2 is 1.73 bits per heavy atom. The molecule has 1 heterocycles. The largest absolute Gasteiger partial charge is 0.454 e. The van der Waals surface area contributed by atoms with Crippen LogP contribution in [0.3, 0.4) is 0 Å². The van der Waals surface area contributed by atoms with E-state index in [9.17, 15) is 18.0 Å². The van der Waals surface area contributed by atoms with E-state index in [1.54, 1.807) is 6.92 Å². The predicted octanol–water partition coefficient (Wildman–Crippen LogP) is 2.84. The van der Waals surface area contributed by atoms with Crippen LogP contribution in [-0.2, 0) is 11.3 Å². The van der Waals surface area contributed by atoms with Crippen molar-refractivity contribution in [1.29, 1.82) is 0 Å². The molecule has 2 rings (SSSR count). The van der Waals surface area contributed by atoms with Crippen molar-refractivity contribution in [2.24, 2.45) is 0 Å². The number of hydrogen-bond acceptors (Lipinski definition) is 3. The molecular formula is C16H19F3N2O. The smallest absolute Gasteiger partial charge is 0.372 e. The molecule has 0 N–H and O–H groups in total. The molecule has 1 aromatic rings.